The molecule has 0 radical (unpaired) electrons. The molecular weight excluding hydrogens is 328 g/mol. The van der Waals surface area contributed by atoms with E-state index in [1.54, 1.807) is 0 Å². The number of aliphatic hydroxyl groups excluding tert-OH is 2. The molecule has 4 nitrogen and oxygen atoms in total. The first-order valence-electron chi connectivity index (χ1n) is 10.4. The van der Waals surface area contributed by atoms with Crippen molar-refractivity contribution in [2.45, 2.75) is 77.9 Å². The average Bonchev–Trinajstić information content (AvgIpc) is 2.84. The van der Waals surface area contributed by atoms with E-state index in [-0.39, 0.29) is 34.9 Å². The van der Waals surface area contributed by atoms with Crippen molar-refractivity contribution in [1.29, 1.82) is 0 Å². The number of esters is 1. The van der Waals surface area contributed by atoms with Crippen LogP contribution in [0.4, 0.5) is 0 Å². The van der Waals surface area contributed by atoms with Crippen molar-refractivity contribution in [2.75, 3.05) is 6.61 Å². The molecule has 0 aliphatic heterocycles. The van der Waals surface area contributed by atoms with E-state index >= 15 is 0 Å². The number of carbonyl (C=O) groups excluding carboxylic acids is 1. The van der Waals surface area contributed by atoms with Crippen LogP contribution >= 0.6 is 0 Å². The maximum absolute atomic E-state index is 11.4. The van der Waals surface area contributed by atoms with Crippen molar-refractivity contribution in [3.63, 3.8) is 0 Å². The van der Waals surface area contributed by atoms with E-state index in [0.29, 0.717) is 24.4 Å². The van der Waals surface area contributed by atoms with Crippen molar-refractivity contribution in [2.24, 2.45) is 34.5 Å². The molecule has 8 atom stereocenters. The van der Waals surface area contributed by atoms with Crippen LogP contribution in [0.1, 0.15) is 65.7 Å². The van der Waals surface area contributed by atoms with Gasteiger partial charge in [0.1, 0.15) is 0 Å². The van der Waals surface area contributed by atoms with E-state index in [4.69, 9.17) is 4.74 Å². The minimum absolute atomic E-state index is 0.0537. The maximum atomic E-state index is 11.4. The molecule has 2 N–H and O–H groups in total. The Morgan fingerprint density at radius 1 is 1.27 bits per heavy atom. The van der Waals surface area contributed by atoms with Gasteiger partial charge in [-0.3, -0.25) is 4.79 Å². The lowest BCUT2D eigenvalue weighted by molar-refractivity contribution is -0.144. The molecule has 0 saturated heterocycles. The van der Waals surface area contributed by atoms with E-state index in [1.165, 1.54) is 18.9 Å². The van der Waals surface area contributed by atoms with E-state index in [1.807, 2.05) is 0 Å². The highest BCUT2D eigenvalue weighted by atomic mass is 16.5. The van der Waals surface area contributed by atoms with Gasteiger partial charge >= 0.3 is 5.97 Å². The number of allylic oxidation sites excluding steroid dienone is 1. The number of rotatable bonds is 2. The molecular formula is C22H34O4. The van der Waals surface area contributed by atoms with Gasteiger partial charge in [-0.2, -0.15) is 0 Å². The van der Waals surface area contributed by atoms with Gasteiger partial charge in [0.2, 0.25) is 0 Å². The number of carbonyl (C=O) groups is 1. The molecule has 0 aromatic carbocycles. The van der Waals surface area contributed by atoms with Gasteiger partial charge in [-0.15, -0.1) is 0 Å². The van der Waals surface area contributed by atoms with Gasteiger partial charge in [-0.25, -0.2) is 0 Å². The standard InChI is InChI=1S/C22H34O4/c1-13(23)26-12-14-10-19(25)22(3)9-7-18-17(20(14)22)5-4-15-11-16(24)6-8-21(15,18)2/h4,14,16-20,24-25H,5-12H2,1-3H3/t14?,16?,17-,18-,19?,20+,21+,22-/m1/s1. The second kappa shape index (κ2) is 6.34. The fraction of sp³-hybridized carbons (Fsp3) is 0.864. The first-order valence-corrected chi connectivity index (χ1v) is 10.4. The van der Waals surface area contributed by atoms with Crippen molar-refractivity contribution >= 4 is 5.97 Å². The van der Waals surface area contributed by atoms with Crippen LogP contribution in [0.3, 0.4) is 0 Å². The van der Waals surface area contributed by atoms with Crippen molar-refractivity contribution in [1.82, 2.24) is 0 Å². The van der Waals surface area contributed by atoms with Crippen molar-refractivity contribution < 1.29 is 19.7 Å². The first-order chi connectivity index (χ1) is 12.3. The highest BCUT2D eigenvalue weighted by Crippen LogP contribution is 2.66. The van der Waals surface area contributed by atoms with Crippen LogP contribution in [0, 0.1) is 34.5 Å². The molecule has 4 aliphatic rings. The minimum atomic E-state index is -0.291. The summed E-state index contributed by atoms with van der Waals surface area (Å²) in [4.78, 5) is 11.4. The minimum Gasteiger partial charge on any atom is -0.466 e. The summed E-state index contributed by atoms with van der Waals surface area (Å²) in [5.74, 6) is 1.63. The summed E-state index contributed by atoms with van der Waals surface area (Å²) in [6, 6.07) is 0. The molecule has 0 amide bonds. The van der Waals surface area contributed by atoms with Gasteiger partial charge in [0.25, 0.3) is 0 Å². The van der Waals surface area contributed by atoms with Crippen LogP contribution < -0.4 is 0 Å². The van der Waals surface area contributed by atoms with Gasteiger partial charge in [-0.05, 0) is 79.4 Å². The summed E-state index contributed by atoms with van der Waals surface area (Å²) < 4.78 is 5.40. The lowest BCUT2D eigenvalue weighted by Crippen LogP contribution is -2.52. The smallest absolute Gasteiger partial charge is 0.302 e. The summed E-state index contributed by atoms with van der Waals surface area (Å²) in [5, 5.41) is 21.0. The van der Waals surface area contributed by atoms with Crippen LogP contribution in [0.2, 0.25) is 0 Å². The quantitative estimate of drug-likeness (QED) is 0.583. The Balaban J connectivity index is 1.65. The largest absolute Gasteiger partial charge is 0.466 e. The predicted octanol–water partition coefficient (Wildman–Crippen LogP) is 3.46. The fourth-order valence-corrected chi connectivity index (χ4v) is 7.30. The van der Waals surface area contributed by atoms with Gasteiger partial charge in [-0.1, -0.05) is 25.5 Å². The summed E-state index contributed by atoms with van der Waals surface area (Å²) >= 11 is 0. The molecule has 0 aromatic rings. The monoisotopic (exact) mass is 362 g/mol. The van der Waals surface area contributed by atoms with Gasteiger partial charge in [0.05, 0.1) is 18.8 Å². The zero-order valence-corrected chi connectivity index (χ0v) is 16.4. The summed E-state index contributed by atoms with van der Waals surface area (Å²) in [7, 11) is 0. The highest BCUT2D eigenvalue weighted by molar-refractivity contribution is 5.65. The van der Waals surface area contributed by atoms with Crippen LogP contribution in [0.25, 0.3) is 0 Å². The summed E-state index contributed by atoms with van der Waals surface area (Å²) in [6.45, 7) is 6.59. The molecule has 0 aromatic heterocycles. The number of aliphatic hydroxyl groups is 2. The normalized spacial score (nSPS) is 50.3. The maximum Gasteiger partial charge on any atom is 0.302 e. The zero-order chi connectivity index (χ0) is 18.7. The Bertz CT molecular complexity index is 613. The number of hydrogen-bond acceptors (Lipinski definition) is 4. The van der Waals surface area contributed by atoms with Crippen LogP contribution in [0.5, 0.6) is 0 Å². The molecule has 0 bridgehead atoms. The second-order valence-electron chi connectivity index (χ2n) is 9.93. The van der Waals surface area contributed by atoms with Crippen molar-refractivity contribution in [3.05, 3.63) is 11.6 Å². The third kappa shape index (κ3) is 2.67. The second-order valence-corrected chi connectivity index (χ2v) is 9.93. The van der Waals surface area contributed by atoms with Gasteiger partial charge < -0.3 is 14.9 Å². The van der Waals surface area contributed by atoms with Crippen LogP contribution in [-0.2, 0) is 9.53 Å². The third-order valence-electron chi connectivity index (χ3n) is 8.67. The summed E-state index contributed by atoms with van der Waals surface area (Å²) in [5.41, 5.74) is 1.61. The molecule has 0 heterocycles. The number of fused-ring (bicyclic) bond motifs is 5. The summed E-state index contributed by atoms with van der Waals surface area (Å²) in [6.07, 6.45) is 8.77. The predicted molar refractivity (Wildman–Crippen MR) is 99.2 cm³/mol. The SMILES string of the molecule is CC(=O)OCC1CC(O)[C@@]2(C)CC[C@@H]3[C@@H](CC=C4CC(O)CC[C@@]43C)[C@H]12. The Hall–Kier alpha value is -0.870. The van der Waals surface area contributed by atoms with E-state index in [2.05, 4.69) is 19.9 Å². The first kappa shape index (κ1) is 18.5. The topological polar surface area (TPSA) is 66.8 Å². The fourth-order valence-electron chi connectivity index (χ4n) is 7.30. The Labute approximate surface area is 157 Å². The molecule has 0 spiro atoms. The van der Waals surface area contributed by atoms with E-state index in [0.717, 1.165) is 38.5 Å². The van der Waals surface area contributed by atoms with Gasteiger partial charge in [0.15, 0.2) is 0 Å². The molecule has 3 unspecified atom stereocenters. The van der Waals surface area contributed by atoms with E-state index < -0.39 is 0 Å². The number of hydrogen-bond donors (Lipinski definition) is 2. The Morgan fingerprint density at radius 2 is 2.04 bits per heavy atom. The van der Waals surface area contributed by atoms with Crippen LogP contribution in [0.15, 0.2) is 11.6 Å². The number of ether oxygens (including phenoxy) is 1. The Kier molecular flexibility index (Phi) is 4.51. The molecule has 3 saturated carbocycles. The molecule has 26 heavy (non-hydrogen) atoms. The van der Waals surface area contributed by atoms with Gasteiger partial charge in [0, 0.05) is 6.92 Å². The average molecular weight is 363 g/mol. The molecule has 4 heteroatoms. The molecule has 4 rings (SSSR count). The van der Waals surface area contributed by atoms with E-state index in [9.17, 15) is 15.0 Å². The molecule has 3 fully saturated rings. The Morgan fingerprint density at radius 3 is 2.77 bits per heavy atom. The van der Waals surface area contributed by atoms with Crippen LogP contribution in [-0.4, -0.2) is 35.0 Å². The zero-order valence-electron chi connectivity index (χ0n) is 16.4. The van der Waals surface area contributed by atoms with Crippen molar-refractivity contribution in [3.8, 4) is 0 Å². The third-order valence-corrected chi connectivity index (χ3v) is 8.67. The molecule has 4 aliphatic carbocycles. The molecule has 146 valence electrons. The highest BCUT2D eigenvalue weighted by Gasteiger charge is 2.61. The lowest BCUT2D eigenvalue weighted by Gasteiger charge is -2.58. The lowest BCUT2D eigenvalue weighted by atomic mass is 9.47.